The van der Waals surface area contributed by atoms with Gasteiger partial charge in [-0.2, -0.15) is 0 Å². The number of hydrogen-bond donors (Lipinski definition) is 3. The molecule has 182 valence electrons. The Hall–Kier alpha value is -0.420. The van der Waals surface area contributed by atoms with E-state index in [4.69, 9.17) is 0 Å². The van der Waals surface area contributed by atoms with E-state index < -0.39 is 5.60 Å². The first kappa shape index (κ1) is 23.3. The first-order valence-electron chi connectivity index (χ1n) is 13.4. The van der Waals surface area contributed by atoms with Crippen LogP contribution in [0.1, 0.15) is 85.5 Å². The van der Waals surface area contributed by atoms with Crippen LogP contribution in [0.15, 0.2) is 11.6 Å². The largest absolute Gasteiger partial charge is 0.393 e. The van der Waals surface area contributed by atoms with E-state index in [0.717, 1.165) is 51.5 Å². The van der Waals surface area contributed by atoms with E-state index in [-0.39, 0.29) is 23.0 Å². The fourth-order valence-corrected chi connectivity index (χ4v) is 9.96. The second-order valence-electron chi connectivity index (χ2n) is 13.4. The van der Waals surface area contributed by atoms with Gasteiger partial charge in [0.1, 0.15) is 0 Å². The predicted octanol–water partition coefficient (Wildman–Crippen LogP) is 4.38. The minimum absolute atomic E-state index is 0.147. The predicted molar refractivity (Wildman–Crippen MR) is 128 cm³/mol. The summed E-state index contributed by atoms with van der Waals surface area (Å²) in [7, 11) is 2.17. The number of likely N-dealkylation sites (tertiary alicyclic amines) is 1. The maximum atomic E-state index is 11.5. The van der Waals surface area contributed by atoms with Crippen molar-refractivity contribution in [1.29, 1.82) is 0 Å². The topological polar surface area (TPSA) is 63.9 Å². The zero-order valence-corrected chi connectivity index (χ0v) is 21.1. The van der Waals surface area contributed by atoms with Gasteiger partial charge in [-0.15, -0.1) is 0 Å². The van der Waals surface area contributed by atoms with Crippen molar-refractivity contribution in [3.8, 4) is 0 Å². The van der Waals surface area contributed by atoms with Crippen molar-refractivity contribution in [3.63, 3.8) is 0 Å². The van der Waals surface area contributed by atoms with Gasteiger partial charge in [0.15, 0.2) is 0 Å². The van der Waals surface area contributed by atoms with E-state index in [0.29, 0.717) is 35.6 Å². The number of β-amino-alcohol motifs (C(OH)–C–C–N with tert-alkyl or cyclic N) is 1. The summed E-state index contributed by atoms with van der Waals surface area (Å²) in [6.07, 6.45) is 11.6. The van der Waals surface area contributed by atoms with Gasteiger partial charge in [-0.1, -0.05) is 32.4 Å². The molecule has 4 fully saturated rings. The highest BCUT2D eigenvalue weighted by Gasteiger charge is 2.62. The summed E-state index contributed by atoms with van der Waals surface area (Å²) in [5.41, 5.74) is 1.41. The quantitative estimate of drug-likeness (QED) is 0.552. The lowest BCUT2D eigenvalue weighted by Crippen LogP contribution is -2.55. The average molecular weight is 446 g/mol. The zero-order valence-electron chi connectivity index (χ0n) is 21.1. The van der Waals surface area contributed by atoms with E-state index in [1.54, 1.807) is 0 Å². The van der Waals surface area contributed by atoms with E-state index in [9.17, 15) is 15.3 Å². The number of aliphatic hydroxyl groups excluding tert-OH is 2. The first-order valence-corrected chi connectivity index (χ1v) is 13.4. The molecule has 0 aromatic heterocycles. The van der Waals surface area contributed by atoms with E-state index >= 15 is 0 Å². The van der Waals surface area contributed by atoms with Crippen molar-refractivity contribution < 1.29 is 15.3 Å². The third kappa shape index (κ3) is 3.46. The highest BCUT2D eigenvalue weighted by Crippen LogP contribution is 2.67. The maximum absolute atomic E-state index is 11.5. The molecule has 0 aromatic carbocycles. The van der Waals surface area contributed by atoms with Gasteiger partial charge < -0.3 is 20.2 Å². The van der Waals surface area contributed by atoms with Crippen LogP contribution in [0.2, 0.25) is 0 Å². The highest BCUT2D eigenvalue weighted by molar-refractivity contribution is 5.25. The molecular formula is C28H47NO3. The Morgan fingerprint density at radius 2 is 1.78 bits per heavy atom. The molecule has 0 spiro atoms. The SMILES string of the molecule is C[C@@H]([C@H]1[C@@H](O)C[C@H]2[C@@H]3CC=C4C[C@@H](O)CC[C@]4(C)[C@H]3CC[C@]12C)[C@H]1CC[C@](C)(O)CN1C. The number of allylic oxidation sites excluding steroid dienone is 1. The van der Waals surface area contributed by atoms with Gasteiger partial charge >= 0.3 is 0 Å². The first-order chi connectivity index (χ1) is 15.0. The Balaban J connectivity index is 1.39. The van der Waals surface area contributed by atoms with Crippen LogP contribution in [0, 0.1) is 40.4 Å². The maximum Gasteiger partial charge on any atom is 0.0746 e. The summed E-state index contributed by atoms with van der Waals surface area (Å²) in [4.78, 5) is 2.37. The fourth-order valence-electron chi connectivity index (χ4n) is 9.96. The molecule has 4 nitrogen and oxygen atoms in total. The number of nitrogens with zero attached hydrogens (tertiary/aromatic N) is 1. The van der Waals surface area contributed by atoms with Crippen LogP contribution in [-0.2, 0) is 0 Å². The number of fused-ring (bicyclic) bond motifs is 5. The van der Waals surface area contributed by atoms with Gasteiger partial charge in [-0.05, 0) is 112 Å². The molecule has 11 atom stereocenters. The Morgan fingerprint density at radius 1 is 1.03 bits per heavy atom. The molecular weight excluding hydrogens is 398 g/mol. The molecule has 4 aliphatic carbocycles. The molecule has 5 rings (SSSR count). The summed E-state index contributed by atoms with van der Waals surface area (Å²) in [5.74, 6) is 2.77. The van der Waals surface area contributed by atoms with Gasteiger partial charge in [-0.25, -0.2) is 0 Å². The number of piperidine rings is 1. The summed E-state index contributed by atoms with van der Waals surface area (Å²) in [5, 5.41) is 32.3. The molecule has 1 heterocycles. The molecule has 3 N–H and O–H groups in total. The number of likely N-dealkylation sites (N-methyl/N-ethyl adjacent to an activating group) is 1. The van der Waals surface area contributed by atoms with Crippen LogP contribution in [-0.4, -0.2) is 57.7 Å². The number of aliphatic hydroxyl groups is 3. The standard InChI is InChI=1S/C28H47NO3/c1-17(23-10-11-26(2,32)16-29(23)5)25-24(31)15-22-20-7-6-18-14-19(30)8-12-27(18,3)21(20)9-13-28(22,25)4/h6,17,19-25,30-32H,7-16H2,1-5H3/t17-,19+,20-,21+,22+,23-,24+,25+,26+,27+,28+/m1/s1. The van der Waals surface area contributed by atoms with Gasteiger partial charge in [0.2, 0.25) is 0 Å². The van der Waals surface area contributed by atoms with Crippen LogP contribution in [0.3, 0.4) is 0 Å². The van der Waals surface area contributed by atoms with E-state index in [1.807, 2.05) is 6.92 Å². The molecule has 1 aliphatic heterocycles. The van der Waals surface area contributed by atoms with Crippen molar-refractivity contribution in [1.82, 2.24) is 4.90 Å². The van der Waals surface area contributed by atoms with E-state index in [1.165, 1.54) is 18.4 Å². The lowest BCUT2D eigenvalue weighted by Gasteiger charge is -2.58. The third-order valence-electron chi connectivity index (χ3n) is 11.5. The van der Waals surface area contributed by atoms with Crippen molar-refractivity contribution in [3.05, 3.63) is 11.6 Å². The molecule has 0 aromatic rings. The third-order valence-corrected chi connectivity index (χ3v) is 11.5. The summed E-state index contributed by atoms with van der Waals surface area (Å²) in [6, 6.07) is 0.443. The fraction of sp³-hybridized carbons (Fsp3) is 0.929. The zero-order chi connectivity index (χ0) is 23.1. The second-order valence-corrected chi connectivity index (χ2v) is 13.4. The minimum Gasteiger partial charge on any atom is -0.393 e. The van der Waals surface area contributed by atoms with Gasteiger partial charge in [0, 0.05) is 12.6 Å². The Morgan fingerprint density at radius 3 is 2.50 bits per heavy atom. The van der Waals surface area contributed by atoms with Gasteiger partial charge in [0.05, 0.1) is 17.8 Å². The molecule has 0 unspecified atom stereocenters. The molecule has 0 amide bonds. The van der Waals surface area contributed by atoms with Crippen LogP contribution < -0.4 is 0 Å². The summed E-state index contributed by atoms with van der Waals surface area (Å²) >= 11 is 0. The van der Waals surface area contributed by atoms with Gasteiger partial charge in [0.25, 0.3) is 0 Å². The molecule has 3 saturated carbocycles. The molecule has 0 bridgehead atoms. The minimum atomic E-state index is -0.584. The van der Waals surface area contributed by atoms with Crippen molar-refractivity contribution in [2.45, 2.75) is 109 Å². The average Bonchev–Trinajstić information content (AvgIpc) is 2.97. The highest BCUT2D eigenvalue weighted by atomic mass is 16.3. The molecule has 32 heavy (non-hydrogen) atoms. The van der Waals surface area contributed by atoms with Crippen LogP contribution in [0.25, 0.3) is 0 Å². The Kier molecular flexibility index (Phi) is 5.68. The summed E-state index contributed by atoms with van der Waals surface area (Å²) in [6.45, 7) is 10.1. The van der Waals surface area contributed by atoms with Crippen molar-refractivity contribution in [2.24, 2.45) is 40.4 Å². The smallest absolute Gasteiger partial charge is 0.0746 e. The van der Waals surface area contributed by atoms with Crippen molar-refractivity contribution in [2.75, 3.05) is 13.6 Å². The monoisotopic (exact) mass is 445 g/mol. The second kappa shape index (κ2) is 7.80. The number of hydrogen-bond acceptors (Lipinski definition) is 4. The molecule has 4 heteroatoms. The van der Waals surface area contributed by atoms with Crippen LogP contribution in [0.5, 0.6) is 0 Å². The lowest BCUT2D eigenvalue weighted by atomic mass is 9.47. The normalized spacial score (nSPS) is 54.9. The summed E-state index contributed by atoms with van der Waals surface area (Å²) < 4.78 is 0. The lowest BCUT2D eigenvalue weighted by molar-refractivity contribution is -0.0867. The number of rotatable bonds is 2. The molecule has 1 saturated heterocycles. The van der Waals surface area contributed by atoms with Crippen LogP contribution >= 0.6 is 0 Å². The van der Waals surface area contributed by atoms with Crippen LogP contribution in [0.4, 0.5) is 0 Å². The molecule has 0 radical (unpaired) electrons. The van der Waals surface area contributed by atoms with Crippen molar-refractivity contribution >= 4 is 0 Å². The van der Waals surface area contributed by atoms with E-state index in [2.05, 4.69) is 38.8 Å². The molecule has 5 aliphatic rings. The Bertz CT molecular complexity index is 764. The Labute approximate surface area is 195 Å². The van der Waals surface area contributed by atoms with Gasteiger partial charge in [-0.3, -0.25) is 0 Å².